The van der Waals surface area contributed by atoms with E-state index in [2.05, 4.69) is 41.2 Å². The molecule has 5 heteroatoms. The predicted octanol–water partition coefficient (Wildman–Crippen LogP) is 4.29. The average molecular weight is 372 g/mol. The number of ether oxygens (including phenoxy) is 2. The first kappa shape index (κ1) is 15.5. The molecule has 0 saturated heterocycles. The van der Waals surface area contributed by atoms with Crippen molar-refractivity contribution in [3.05, 3.63) is 21.7 Å². The highest BCUT2D eigenvalue weighted by molar-refractivity contribution is 9.10. The van der Waals surface area contributed by atoms with Crippen molar-refractivity contribution in [2.24, 2.45) is 0 Å². The van der Waals surface area contributed by atoms with Crippen LogP contribution >= 0.6 is 27.7 Å². The van der Waals surface area contributed by atoms with Gasteiger partial charge in [0, 0.05) is 27.1 Å². The Hall–Kier alpha value is -0.390. The normalized spacial score (nSPS) is 24.3. The van der Waals surface area contributed by atoms with E-state index in [1.54, 1.807) is 0 Å². The number of benzene rings is 1. The van der Waals surface area contributed by atoms with Crippen molar-refractivity contribution in [3.63, 3.8) is 0 Å². The number of nitrogens with one attached hydrogen (secondary N) is 1. The number of rotatable bonds is 3. The van der Waals surface area contributed by atoms with Gasteiger partial charge >= 0.3 is 0 Å². The average Bonchev–Trinajstić information content (AvgIpc) is 2.65. The summed E-state index contributed by atoms with van der Waals surface area (Å²) in [4.78, 5) is 0. The third-order valence-corrected chi connectivity index (χ3v) is 5.92. The van der Waals surface area contributed by atoms with Gasteiger partial charge in [-0.3, -0.25) is 0 Å². The fourth-order valence-electron chi connectivity index (χ4n) is 2.98. The Morgan fingerprint density at radius 1 is 1.38 bits per heavy atom. The van der Waals surface area contributed by atoms with Crippen LogP contribution in [0.15, 0.2) is 10.5 Å². The molecule has 0 aliphatic carbocycles. The zero-order valence-electron chi connectivity index (χ0n) is 12.6. The minimum atomic E-state index is 0.345. The Balaban J connectivity index is 2.07. The third kappa shape index (κ3) is 3.20. The molecule has 0 bridgehead atoms. The first-order chi connectivity index (χ1) is 10.2. The van der Waals surface area contributed by atoms with E-state index in [0.717, 1.165) is 41.1 Å². The number of fused-ring (bicyclic) bond motifs is 3. The van der Waals surface area contributed by atoms with E-state index >= 15 is 0 Å². The molecule has 3 rings (SSSR count). The van der Waals surface area contributed by atoms with Gasteiger partial charge in [0.2, 0.25) is 0 Å². The van der Waals surface area contributed by atoms with E-state index in [1.807, 2.05) is 11.8 Å². The van der Waals surface area contributed by atoms with Gasteiger partial charge in [-0.15, -0.1) is 0 Å². The first-order valence-corrected chi connectivity index (χ1v) is 9.50. The maximum Gasteiger partial charge on any atom is 0.166 e. The summed E-state index contributed by atoms with van der Waals surface area (Å²) in [5.41, 5.74) is 2.67. The van der Waals surface area contributed by atoms with Crippen molar-refractivity contribution in [3.8, 4) is 11.5 Å². The molecule has 116 valence electrons. The van der Waals surface area contributed by atoms with Crippen LogP contribution in [-0.4, -0.2) is 25.0 Å². The predicted molar refractivity (Wildman–Crippen MR) is 91.5 cm³/mol. The van der Waals surface area contributed by atoms with Crippen molar-refractivity contribution >= 4 is 27.7 Å². The van der Waals surface area contributed by atoms with E-state index < -0.39 is 0 Å². The van der Waals surface area contributed by atoms with Crippen LogP contribution in [-0.2, 0) is 5.75 Å². The van der Waals surface area contributed by atoms with Crippen LogP contribution in [0, 0.1) is 0 Å². The molecule has 1 N–H and O–H groups in total. The molecule has 0 saturated carbocycles. The van der Waals surface area contributed by atoms with Gasteiger partial charge in [-0.05, 0) is 31.0 Å². The van der Waals surface area contributed by atoms with Crippen molar-refractivity contribution in [2.75, 3.05) is 19.8 Å². The first-order valence-electron chi connectivity index (χ1n) is 7.66. The molecule has 1 aromatic carbocycles. The minimum Gasteiger partial charge on any atom is -0.486 e. The number of thioether (sulfide) groups is 1. The van der Waals surface area contributed by atoms with E-state index in [0.29, 0.717) is 24.5 Å². The summed E-state index contributed by atoms with van der Waals surface area (Å²) in [6.45, 7) is 6.83. The lowest BCUT2D eigenvalue weighted by Gasteiger charge is -2.28. The highest BCUT2D eigenvalue weighted by Crippen LogP contribution is 2.48. The molecule has 0 fully saturated rings. The number of hydrogen-bond acceptors (Lipinski definition) is 4. The second kappa shape index (κ2) is 6.80. The molecule has 0 amide bonds. The van der Waals surface area contributed by atoms with Crippen molar-refractivity contribution in [1.29, 1.82) is 0 Å². The minimum absolute atomic E-state index is 0.345. The fraction of sp³-hybridized carbons (Fsp3) is 0.625. The van der Waals surface area contributed by atoms with Gasteiger partial charge < -0.3 is 14.8 Å². The second-order valence-corrected chi connectivity index (χ2v) is 7.92. The van der Waals surface area contributed by atoms with Gasteiger partial charge in [0.1, 0.15) is 13.2 Å². The molecular formula is C16H22BrNO2S. The van der Waals surface area contributed by atoms with Crippen molar-refractivity contribution in [1.82, 2.24) is 5.32 Å². The van der Waals surface area contributed by atoms with E-state index in [4.69, 9.17) is 9.47 Å². The summed E-state index contributed by atoms with van der Waals surface area (Å²) in [6, 6.07) is 2.42. The van der Waals surface area contributed by atoms with Crippen LogP contribution in [0.25, 0.3) is 0 Å². The molecule has 2 aliphatic heterocycles. The number of hydrogen-bond donors (Lipinski definition) is 1. The standard InChI is InChI=1S/C16H22BrNO2S/c1-3-4-18-13-7-10(2)21-9-11-12(17)8-14-16(15(11)13)20-6-5-19-14/h8,10,13,18H,3-7,9H2,1-2H3. The quantitative estimate of drug-likeness (QED) is 0.858. The summed E-state index contributed by atoms with van der Waals surface area (Å²) in [7, 11) is 0. The molecule has 2 heterocycles. The molecule has 2 aliphatic rings. The Bertz CT molecular complexity index is 523. The second-order valence-electron chi connectivity index (χ2n) is 5.64. The van der Waals surface area contributed by atoms with Gasteiger partial charge in [-0.2, -0.15) is 11.8 Å². The van der Waals surface area contributed by atoms with E-state index in [9.17, 15) is 0 Å². The topological polar surface area (TPSA) is 30.5 Å². The lowest BCUT2D eigenvalue weighted by Crippen LogP contribution is -2.26. The van der Waals surface area contributed by atoms with Gasteiger partial charge in [0.05, 0.1) is 0 Å². The summed E-state index contributed by atoms with van der Waals surface area (Å²) in [5, 5.41) is 4.34. The maximum atomic E-state index is 5.98. The highest BCUT2D eigenvalue weighted by Gasteiger charge is 2.30. The zero-order chi connectivity index (χ0) is 14.8. The smallest absolute Gasteiger partial charge is 0.166 e. The molecular weight excluding hydrogens is 350 g/mol. The number of halogens is 1. The Morgan fingerprint density at radius 3 is 3.00 bits per heavy atom. The molecule has 1 aromatic rings. The van der Waals surface area contributed by atoms with Crippen LogP contribution in [0.2, 0.25) is 0 Å². The van der Waals surface area contributed by atoms with E-state index in [1.165, 1.54) is 11.1 Å². The van der Waals surface area contributed by atoms with Gasteiger partial charge in [-0.1, -0.05) is 29.8 Å². The van der Waals surface area contributed by atoms with Crippen molar-refractivity contribution in [2.45, 2.75) is 43.7 Å². The Labute approximate surface area is 139 Å². The molecule has 2 unspecified atom stereocenters. The van der Waals surface area contributed by atoms with Gasteiger partial charge in [0.15, 0.2) is 11.5 Å². The maximum absolute atomic E-state index is 5.98. The van der Waals surface area contributed by atoms with E-state index in [-0.39, 0.29) is 0 Å². The zero-order valence-corrected chi connectivity index (χ0v) is 15.0. The Kier molecular flexibility index (Phi) is 5.02. The van der Waals surface area contributed by atoms with Crippen molar-refractivity contribution < 1.29 is 9.47 Å². The molecule has 0 aromatic heterocycles. The van der Waals surface area contributed by atoms with Gasteiger partial charge in [0.25, 0.3) is 0 Å². The monoisotopic (exact) mass is 371 g/mol. The van der Waals surface area contributed by atoms with Gasteiger partial charge in [-0.25, -0.2) is 0 Å². The van der Waals surface area contributed by atoms with Crippen LogP contribution in [0.4, 0.5) is 0 Å². The van der Waals surface area contributed by atoms with Crippen LogP contribution in [0.5, 0.6) is 11.5 Å². The SMILES string of the molecule is CCCNC1CC(C)SCc2c(Br)cc3c(c21)OCCO3. The molecule has 2 atom stereocenters. The summed E-state index contributed by atoms with van der Waals surface area (Å²) in [6.07, 6.45) is 2.27. The fourth-order valence-corrected chi connectivity index (χ4v) is 4.82. The largest absolute Gasteiger partial charge is 0.486 e. The summed E-state index contributed by atoms with van der Waals surface area (Å²) < 4.78 is 12.9. The van der Waals surface area contributed by atoms with Crippen LogP contribution < -0.4 is 14.8 Å². The highest BCUT2D eigenvalue weighted by atomic mass is 79.9. The molecule has 3 nitrogen and oxygen atoms in total. The third-order valence-electron chi connectivity index (χ3n) is 4.00. The lowest BCUT2D eigenvalue weighted by atomic mass is 9.95. The molecule has 0 radical (unpaired) electrons. The van der Waals surface area contributed by atoms with Crippen LogP contribution in [0.1, 0.15) is 43.9 Å². The lowest BCUT2D eigenvalue weighted by molar-refractivity contribution is 0.168. The summed E-state index contributed by atoms with van der Waals surface area (Å²) >= 11 is 5.75. The molecule has 21 heavy (non-hydrogen) atoms. The Morgan fingerprint density at radius 2 is 2.19 bits per heavy atom. The summed E-state index contributed by atoms with van der Waals surface area (Å²) in [5.74, 6) is 2.87. The molecule has 0 spiro atoms. The van der Waals surface area contributed by atoms with Crippen LogP contribution in [0.3, 0.4) is 0 Å².